The summed E-state index contributed by atoms with van der Waals surface area (Å²) in [5.74, 6) is 2.84. The quantitative estimate of drug-likeness (QED) is 0.117. The van der Waals surface area contributed by atoms with Crippen LogP contribution >= 0.6 is 0 Å². The third kappa shape index (κ3) is 12.2. The molecule has 0 radical (unpaired) electrons. The zero-order valence-electron chi connectivity index (χ0n) is 25.1. The summed E-state index contributed by atoms with van der Waals surface area (Å²) in [7, 11) is 0. The van der Waals surface area contributed by atoms with E-state index in [0.29, 0.717) is 22.5 Å². The van der Waals surface area contributed by atoms with Crippen LogP contribution in [0.25, 0.3) is 0 Å². The first-order chi connectivity index (χ1) is 19.4. The predicted octanol–water partition coefficient (Wildman–Crippen LogP) is 3.27. The highest BCUT2D eigenvalue weighted by molar-refractivity contribution is 5.99. The van der Waals surface area contributed by atoms with Crippen molar-refractivity contribution in [1.82, 2.24) is 5.32 Å². The largest absolute Gasteiger partial charge is 1.00 e. The van der Waals surface area contributed by atoms with Gasteiger partial charge in [-0.2, -0.15) is 0 Å². The highest BCUT2D eigenvalue weighted by atomic mass is 79.9. The topological polar surface area (TPSA) is 68.5 Å². The Kier molecular flexibility index (Phi) is 18.3. The molecule has 1 aliphatic rings. The number of halogens is 1. The van der Waals surface area contributed by atoms with E-state index in [9.17, 15) is 9.59 Å². The SMILES string of the molecule is C#CCOC(=O)C1=C(C)NC(C)=C(C(=O)OCC#C)C1c1ccc[n+](CCCCCCCCCCCCCC)c1.[Br-]. The predicted molar refractivity (Wildman–Crippen MR) is 159 cm³/mol. The molecule has 224 valence electrons. The van der Waals surface area contributed by atoms with E-state index in [2.05, 4.69) is 28.6 Å². The van der Waals surface area contributed by atoms with E-state index in [1.165, 1.54) is 70.6 Å². The van der Waals surface area contributed by atoms with Crippen LogP contribution in [0.1, 0.15) is 109 Å². The van der Waals surface area contributed by atoms with E-state index < -0.39 is 17.9 Å². The summed E-state index contributed by atoms with van der Waals surface area (Å²) in [6, 6.07) is 3.86. The van der Waals surface area contributed by atoms with Crippen molar-refractivity contribution in [3.63, 3.8) is 0 Å². The van der Waals surface area contributed by atoms with E-state index in [4.69, 9.17) is 22.3 Å². The van der Waals surface area contributed by atoms with Gasteiger partial charge in [-0.3, -0.25) is 0 Å². The fourth-order valence-electron chi connectivity index (χ4n) is 5.23. The van der Waals surface area contributed by atoms with Crippen LogP contribution in [0.4, 0.5) is 0 Å². The molecule has 7 heteroatoms. The van der Waals surface area contributed by atoms with Gasteiger partial charge in [0.1, 0.15) is 6.54 Å². The minimum atomic E-state index is -0.675. The van der Waals surface area contributed by atoms with Gasteiger partial charge >= 0.3 is 11.9 Å². The van der Waals surface area contributed by atoms with Gasteiger partial charge in [0.25, 0.3) is 0 Å². The Labute approximate surface area is 258 Å². The number of allylic oxidation sites excluding steroid dienone is 2. The second-order valence-corrected chi connectivity index (χ2v) is 10.5. The standard InChI is InChI=1S/C34H46N2O4.BrH/c1-6-9-10-11-12-13-14-15-16-17-18-19-22-36-23-20-21-29(26-36)32-30(33(37)39-24-7-2)27(4)35-28(5)31(32)34(38)40-25-8-3;/h2-3,20-21,23,26,32H,6,9-19,22,24-25H2,1,4-5H3;1H. The van der Waals surface area contributed by atoms with Crippen molar-refractivity contribution in [2.45, 2.75) is 110 Å². The Bertz CT molecular complexity index is 1070. The molecule has 0 fully saturated rings. The second kappa shape index (κ2) is 20.8. The molecule has 6 nitrogen and oxygen atoms in total. The smallest absolute Gasteiger partial charge is 0.337 e. The molecule has 1 aromatic heterocycles. The first-order valence-electron chi connectivity index (χ1n) is 14.8. The van der Waals surface area contributed by atoms with E-state index in [1.807, 2.05) is 24.5 Å². The summed E-state index contributed by atoms with van der Waals surface area (Å²) < 4.78 is 12.7. The number of nitrogens with zero attached hydrogens (tertiary/aromatic N) is 1. The van der Waals surface area contributed by atoms with Crippen molar-refractivity contribution >= 4 is 11.9 Å². The Balaban J connectivity index is 0.00000840. The average Bonchev–Trinajstić information content (AvgIpc) is 2.95. The molecule has 0 unspecified atom stereocenters. The summed E-state index contributed by atoms with van der Waals surface area (Å²) in [5, 5.41) is 3.13. The molecule has 0 aromatic carbocycles. The summed E-state index contributed by atoms with van der Waals surface area (Å²) in [6.07, 6.45) is 30.2. The number of esters is 2. The van der Waals surface area contributed by atoms with Crippen LogP contribution in [0.15, 0.2) is 47.1 Å². The number of pyridine rings is 1. The maximum absolute atomic E-state index is 13.1. The fourth-order valence-corrected chi connectivity index (χ4v) is 5.23. The molecule has 1 aromatic rings. The maximum Gasteiger partial charge on any atom is 0.337 e. The maximum atomic E-state index is 13.1. The minimum absolute atomic E-state index is 0. The number of dihydropyridines is 1. The molecule has 0 amide bonds. The molecule has 1 aliphatic heterocycles. The third-order valence-electron chi connectivity index (χ3n) is 7.26. The van der Waals surface area contributed by atoms with Crippen molar-refractivity contribution in [2.75, 3.05) is 13.2 Å². The monoisotopic (exact) mass is 626 g/mol. The lowest BCUT2D eigenvalue weighted by Gasteiger charge is -2.29. The number of aryl methyl sites for hydroxylation is 1. The van der Waals surface area contributed by atoms with E-state index in [-0.39, 0.29) is 30.2 Å². The first-order valence-corrected chi connectivity index (χ1v) is 14.8. The third-order valence-corrected chi connectivity index (χ3v) is 7.26. The Morgan fingerprint density at radius 1 is 0.829 bits per heavy atom. The molecule has 0 bridgehead atoms. The van der Waals surface area contributed by atoms with Gasteiger partial charge in [0.2, 0.25) is 0 Å². The molecule has 41 heavy (non-hydrogen) atoms. The lowest BCUT2D eigenvalue weighted by Crippen LogP contribution is -3.00. The molecule has 2 rings (SSSR count). The van der Waals surface area contributed by atoms with E-state index in [0.717, 1.165) is 18.5 Å². The normalized spacial score (nSPS) is 13.1. The van der Waals surface area contributed by atoms with Crippen molar-refractivity contribution < 1.29 is 40.6 Å². The zero-order chi connectivity index (χ0) is 29.2. The first kappa shape index (κ1) is 36.0. The van der Waals surface area contributed by atoms with Crippen LogP contribution in [-0.4, -0.2) is 25.2 Å². The molecule has 0 saturated heterocycles. The van der Waals surface area contributed by atoms with Crippen LogP contribution in [0.2, 0.25) is 0 Å². The van der Waals surface area contributed by atoms with Crippen molar-refractivity contribution in [3.05, 3.63) is 52.6 Å². The van der Waals surface area contributed by atoms with Gasteiger partial charge < -0.3 is 31.8 Å². The molecule has 0 spiro atoms. The molecule has 2 heterocycles. The zero-order valence-corrected chi connectivity index (χ0v) is 26.7. The minimum Gasteiger partial charge on any atom is -1.00 e. The Hall–Kier alpha value is -3.03. The number of unbranched alkanes of at least 4 members (excludes halogenated alkanes) is 11. The van der Waals surface area contributed by atoms with Gasteiger partial charge in [-0.05, 0) is 26.3 Å². The number of terminal acetylenes is 2. The number of hydrogen-bond donors (Lipinski definition) is 1. The lowest BCUT2D eigenvalue weighted by molar-refractivity contribution is -0.697. The summed E-state index contributed by atoms with van der Waals surface area (Å²) in [4.78, 5) is 26.2. The van der Waals surface area contributed by atoms with E-state index in [1.54, 1.807) is 13.8 Å². The molecule has 0 aliphatic carbocycles. The molecule has 1 N–H and O–H groups in total. The van der Waals surface area contributed by atoms with Crippen LogP contribution in [-0.2, 0) is 25.6 Å². The summed E-state index contributed by atoms with van der Waals surface area (Å²) in [5.41, 5.74) is 2.67. The number of rotatable bonds is 18. The number of hydrogen-bond acceptors (Lipinski definition) is 5. The van der Waals surface area contributed by atoms with Crippen molar-refractivity contribution in [1.29, 1.82) is 0 Å². The Morgan fingerprint density at radius 2 is 1.29 bits per heavy atom. The van der Waals surface area contributed by atoms with Gasteiger partial charge in [-0.25, -0.2) is 14.2 Å². The number of aromatic nitrogens is 1. The molecule has 0 saturated carbocycles. The average molecular weight is 628 g/mol. The van der Waals surface area contributed by atoms with Gasteiger partial charge in [0.05, 0.1) is 17.1 Å². The highest BCUT2D eigenvalue weighted by Crippen LogP contribution is 2.38. The highest BCUT2D eigenvalue weighted by Gasteiger charge is 2.39. The van der Waals surface area contributed by atoms with Gasteiger partial charge in [-0.15, -0.1) is 12.8 Å². The fraction of sp³-hybridized carbons (Fsp3) is 0.559. The number of carbonyl (C=O) groups excluding carboxylic acids is 2. The van der Waals surface area contributed by atoms with Gasteiger partial charge in [0, 0.05) is 29.4 Å². The lowest BCUT2D eigenvalue weighted by atomic mass is 9.81. The Morgan fingerprint density at radius 3 is 1.76 bits per heavy atom. The summed E-state index contributed by atoms with van der Waals surface area (Å²) in [6.45, 7) is 6.38. The molecule has 0 atom stereocenters. The van der Waals surface area contributed by atoms with Gasteiger partial charge in [0.15, 0.2) is 25.6 Å². The van der Waals surface area contributed by atoms with Crippen LogP contribution in [0.5, 0.6) is 0 Å². The van der Waals surface area contributed by atoms with Crippen molar-refractivity contribution in [2.24, 2.45) is 0 Å². The summed E-state index contributed by atoms with van der Waals surface area (Å²) >= 11 is 0. The van der Waals surface area contributed by atoms with Gasteiger partial charge in [-0.1, -0.05) is 83.0 Å². The molecular formula is C34H47BrN2O4. The van der Waals surface area contributed by atoms with Crippen LogP contribution in [0, 0.1) is 24.7 Å². The van der Waals surface area contributed by atoms with Crippen molar-refractivity contribution in [3.8, 4) is 24.7 Å². The molecular weight excluding hydrogens is 580 g/mol. The number of nitrogens with one attached hydrogen (secondary N) is 1. The number of carbonyl (C=O) groups is 2. The van der Waals surface area contributed by atoms with Crippen LogP contribution in [0.3, 0.4) is 0 Å². The number of ether oxygens (including phenoxy) is 2. The van der Waals surface area contributed by atoms with E-state index >= 15 is 0 Å². The van der Waals surface area contributed by atoms with Crippen LogP contribution < -0.4 is 26.9 Å². The second-order valence-electron chi connectivity index (χ2n) is 10.5.